The molecule has 0 fully saturated rings. The second kappa shape index (κ2) is 8.84. The van der Waals surface area contributed by atoms with Crippen molar-refractivity contribution in [3.05, 3.63) is 65.7 Å². The van der Waals surface area contributed by atoms with Crippen LogP contribution in [0.1, 0.15) is 36.8 Å². The highest BCUT2D eigenvalue weighted by atomic mass is 16.5. The molecule has 0 aliphatic rings. The van der Waals surface area contributed by atoms with Crippen molar-refractivity contribution in [2.24, 2.45) is 0 Å². The monoisotopic (exact) mass is 326 g/mol. The van der Waals surface area contributed by atoms with E-state index < -0.39 is 5.91 Å². The number of carbonyl (C=O) groups excluding carboxylic acids is 2. The number of anilines is 1. The summed E-state index contributed by atoms with van der Waals surface area (Å²) in [7, 11) is 0. The SMILES string of the molecule is CC[C@@H](C(=O)Nc1ccc(CCC(=O)NO)cc1)c1ccccc1. The highest BCUT2D eigenvalue weighted by Gasteiger charge is 2.18. The number of aryl methyl sites for hydroxylation is 1. The first kappa shape index (κ1) is 17.7. The fraction of sp³-hybridized carbons (Fsp3) is 0.263. The Balaban J connectivity index is 1.97. The number of nitrogens with one attached hydrogen (secondary N) is 2. The molecule has 5 heteroatoms. The van der Waals surface area contributed by atoms with E-state index in [2.05, 4.69) is 5.32 Å². The molecule has 2 aromatic carbocycles. The van der Waals surface area contributed by atoms with Crippen LogP contribution in [-0.2, 0) is 16.0 Å². The van der Waals surface area contributed by atoms with Crippen LogP contribution in [0.15, 0.2) is 54.6 Å². The third kappa shape index (κ3) is 4.93. The van der Waals surface area contributed by atoms with E-state index in [1.807, 2.05) is 61.5 Å². The van der Waals surface area contributed by atoms with Gasteiger partial charge in [0.25, 0.3) is 0 Å². The molecular formula is C19H22N2O3. The van der Waals surface area contributed by atoms with Gasteiger partial charge in [0.15, 0.2) is 0 Å². The van der Waals surface area contributed by atoms with E-state index in [1.54, 1.807) is 5.48 Å². The molecule has 2 aromatic rings. The van der Waals surface area contributed by atoms with Crippen LogP contribution in [0, 0.1) is 0 Å². The third-order valence-electron chi connectivity index (χ3n) is 3.91. The van der Waals surface area contributed by atoms with E-state index in [0.717, 1.165) is 23.2 Å². The maximum atomic E-state index is 12.5. The van der Waals surface area contributed by atoms with Gasteiger partial charge in [-0.05, 0) is 36.1 Å². The summed E-state index contributed by atoms with van der Waals surface area (Å²) in [6.07, 6.45) is 1.47. The van der Waals surface area contributed by atoms with E-state index in [9.17, 15) is 9.59 Å². The van der Waals surface area contributed by atoms with Crippen LogP contribution in [0.2, 0.25) is 0 Å². The molecular weight excluding hydrogens is 304 g/mol. The largest absolute Gasteiger partial charge is 0.326 e. The van der Waals surface area contributed by atoms with Gasteiger partial charge in [0.1, 0.15) is 0 Å². The Morgan fingerprint density at radius 3 is 2.29 bits per heavy atom. The van der Waals surface area contributed by atoms with Crippen molar-refractivity contribution < 1.29 is 14.8 Å². The summed E-state index contributed by atoms with van der Waals surface area (Å²) in [6.45, 7) is 1.99. The molecule has 0 radical (unpaired) electrons. The average Bonchev–Trinajstić information content (AvgIpc) is 2.62. The first-order valence-electron chi connectivity index (χ1n) is 8.01. The van der Waals surface area contributed by atoms with Crippen LogP contribution in [0.4, 0.5) is 5.69 Å². The lowest BCUT2D eigenvalue weighted by Crippen LogP contribution is -2.20. The summed E-state index contributed by atoms with van der Waals surface area (Å²) < 4.78 is 0. The fourth-order valence-electron chi connectivity index (χ4n) is 2.56. The molecule has 5 nitrogen and oxygen atoms in total. The number of hydrogen-bond donors (Lipinski definition) is 3. The second-order valence-corrected chi connectivity index (χ2v) is 5.59. The van der Waals surface area contributed by atoms with Gasteiger partial charge in [-0.1, -0.05) is 49.4 Å². The number of hydroxylamine groups is 1. The molecule has 0 aliphatic heterocycles. The van der Waals surface area contributed by atoms with Crippen LogP contribution < -0.4 is 10.8 Å². The molecule has 126 valence electrons. The second-order valence-electron chi connectivity index (χ2n) is 5.59. The predicted octanol–water partition coefficient (Wildman–Crippen LogP) is 3.26. The van der Waals surface area contributed by atoms with Gasteiger partial charge in [-0.2, -0.15) is 0 Å². The minimum atomic E-state index is -0.416. The number of benzene rings is 2. The maximum absolute atomic E-state index is 12.5. The third-order valence-corrected chi connectivity index (χ3v) is 3.91. The zero-order chi connectivity index (χ0) is 17.4. The molecule has 2 amide bonds. The Morgan fingerprint density at radius 2 is 1.71 bits per heavy atom. The van der Waals surface area contributed by atoms with Gasteiger partial charge in [0, 0.05) is 12.1 Å². The minimum Gasteiger partial charge on any atom is -0.326 e. The standard InChI is InChI=1S/C19H22N2O3/c1-2-17(15-6-4-3-5-7-15)19(23)20-16-11-8-14(9-12-16)10-13-18(22)21-24/h3-9,11-12,17,24H,2,10,13H2,1H3,(H,20,23)(H,21,22)/t17-/m1/s1. The summed E-state index contributed by atoms with van der Waals surface area (Å²) in [4.78, 5) is 23.5. The summed E-state index contributed by atoms with van der Waals surface area (Å²) in [5.41, 5.74) is 4.31. The molecule has 0 spiro atoms. The van der Waals surface area contributed by atoms with E-state index in [1.165, 1.54) is 0 Å². The van der Waals surface area contributed by atoms with Crippen LogP contribution in [0.3, 0.4) is 0 Å². The number of hydrogen-bond acceptors (Lipinski definition) is 3. The van der Waals surface area contributed by atoms with Crippen molar-refractivity contribution >= 4 is 17.5 Å². The molecule has 0 saturated heterocycles. The summed E-state index contributed by atoms with van der Waals surface area (Å²) in [5, 5.41) is 11.4. The first-order valence-corrected chi connectivity index (χ1v) is 8.01. The van der Waals surface area contributed by atoms with Crippen molar-refractivity contribution in [2.75, 3.05) is 5.32 Å². The molecule has 24 heavy (non-hydrogen) atoms. The van der Waals surface area contributed by atoms with Gasteiger partial charge in [-0.3, -0.25) is 14.8 Å². The van der Waals surface area contributed by atoms with Crippen LogP contribution in [0.25, 0.3) is 0 Å². The van der Waals surface area contributed by atoms with E-state index >= 15 is 0 Å². The topological polar surface area (TPSA) is 78.4 Å². The first-order chi connectivity index (χ1) is 11.6. The molecule has 3 N–H and O–H groups in total. The lowest BCUT2D eigenvalue weighted by atomic mass is 9.95. The van der Waals surface area contributed by atoms with E-state index in [0.29, 0.717) is 6.42 Å². The molecule has 0 aromatic heterocycles. The van der Waals surface area contributed by atoms with E-state index in [-0.39, 0.29) is 18.2 Å². The average molecular weight is 326 g/mol. The highest BCUT2D eigenvalue weighted by Crippen LogP contribution is 2.21. The predicted molar refractivity (Wildman–Crippen MR) is 92.8 cm³/mol. The zero-order valence-corrected chi connectivity index (χ0v) is 13.7. The lowest BCUT2D eigenvalue weighted by molar-refractivity contribution is -0.129. The summed E-state index contributed by atoms with van der Waals surface area (Å²) >= 11 is 0. The van der Waals surface area contributed by atoms with Crippen LogP contribution in [-0.4, -0.2) is 17.0 Å². The van der Waals surface area contributed by atoms with Crippen molar-refractivity contribution in [2.45, 2.75) is 32.1 Å². The van der Waals surface area contributed by atoms with Crippen LogP contribution in [0.5, 0.6) is 0 Å². The Bertz CT molecular complexity index is 669. The molecule has 2 rings (SSSR count). The molecule has 1 atom stereocenters. The van der Waals surface area contributed by atoms with Crippen LogP contribution >= 0.6 is 0 Å². The van der Waals surface area contributed by atoms with E-state index in [4.69, 9.17) is 5.21 Å². The molecule has 0 heterocycles. The summed E-state index contributed by atoms with van der Waals surface area (Å²) in [5.74, 6) is -0.628. The Morgan fingerprint density at radius 1 is 1.04 bits per heavy atom. The zero-order valence-electron chi connectivity index (χ0n) is 13.7. The molecule has 0 unspecified atom stereocenters. The van der Waals surface area contributed by atoms with Crippen molar-refractivity contribution in [1.29, 1.82) is 0 Å². The fourth-order valence-corrected chi connectivity index (χ4v) is 2.56. The normalized spacial score (nSPS) is 11.6. The van der Waals surface area contributed by atoms with Crippen molar-refractivity contribution in [3.8, 4) is 0 Å². The van der Waals surface area contributed by atoms with Gasteiger partial charge in [0.2, 0.25) is 11.8 Å². The Hall–Kier alpha value is -2.66. The van der Waals surface area contributed by atoms with Gasteiger partial charge < -0.3 is 5.32 Å². The number of amides is 2. The Kier molecular flexibility index (Phi) is 6.51. The van der Waals surface area contributed by atoms with Gasteiger partial charge >= 0.3 is 0 Å². The van der Waals surface area contributed by atoms with Gasteiger partial charge in [0.05, 0.1) is 5.92 Å². The molecule has 0 aliphatic carbocycles. The highest BCUT2D eigenvalue weighted by molar-refractivity contribution is 5.95. The number of rotatable bonds is 7. The maximum Gasteiger partial charge on any atom is 0.243 e. The summed E-state index contributed by atoms with van der Waals surface area (Å²) in [6, 6.07) is 17.1. The smallest absolute Gasteiger partial charge is 0.243 e. The van der Waals surface area contributed by atoms with Crippen molar-refractivity contribution in [3.63, 3.8) is 0 Å². The minimum absolute atomic E-state index is 0.0314. The van der Waals surface area contributed by atoms with Gasteiger partial charge in [-0.25, -0.2) is 5.48 Å². The Labute approximate surface area is 141 Å². The quantitative estimate of drug-likeness (QED) is 0.540. The van der Waals surface area contributed by atoms with Gasteiger partial charge in [-0.15, -0.1) is 0 Å². The van der Waals surface area contributed by atoms with Crippen molar-refractivity contribution in [1.82, 2.24) is 5.48 Å². The molecule has 0 bridgehead atoms. The molecule has 0 saturated carbocycles. The number of carbonyl (C=O) groups is 2. The lowest BCUT2D eigenvalue weighted by Gasteiger charge is -2.15.